The Hall–Kier alpha value is -1.07. The Bertz CT molecular complexity index is 471. The first-order valence-corrected chi connectivity index (χ1v) is 5.98. The largest absolute Gasteiger partial charge is 0.480 e. The Morgan fingerprint density at radius 3 is 2.41 bits per heavy atom. The summed E-state index contributed by atoms with van der Waals surface area (Å²) in [5, 5.41) is 18.1. The summed E-state index contributed by atoms with van der Waals surface area (Å²) in [5.41, 5.74) is 0.748. The van der Waals surface area contributed by atoms with Crippen LogP contribution in [0.2, 0.25) is 0 Å². The first kappa shape index (κ1) is 14.0. The van der Waals surface area contributed by atoms with Crippen molar-refractivity contribution in [3.63, 3.8) is 0 Å². The van der Waals surface area contributed by atoms with Gasteiger partial charge in [-0.15, -0.1) is 11.6 Å². The number of hydrogen-bond donors (Lipinski definition) is 2. The van der Waals surface area contributed by atoms with Crippen LogP contribution in [0.4, 0.5) is 0 Å². The molecular formula is C11H10BrClO4. The summed E-state index contributed by atoms with van der Waals surface area (Å²) in [5.74, 6) is -2.16. The molecule has 6 heteroatoms. The van der Waals surface area contributed by atoms with Gasteiger partial charge in [-0.25, -0.2) is 4.79 Å². The molecular weight excluding hydrogens is 311 g/mol. The zero-order valence-electron chi connectivity index (χ0n) is 8.91. The number of hydrogen-bond acceptors (Lipinski definition) is 2. The van der Waals surface area contributed by atoms with Gasteiger partial charge in [-0.2, -0.15) is 0 Å². The van der Waals surface area contributed by atoms with Crippen LogP contribution >= 0.6 is 27.5 Å². The lowest BCUT2D eigenvalue weighted by Crippen LogP contribution is -2.27. The van der Waals surface area contributed by atoms with E-state index in [0.29, 0.717) is 5.56 Å². The van der Waals surface area contributed by atoms with Crippen molar-refractivity contribution in [1.29, 1.82) is 0 Å². The van der Waals surface area contributed by atoms with Crippen molar-refractivity contribution in [2.24, 2.45) is 0 Å². The van der Waals surface area contributed by atoms with Crippen molar-refractivity contribution in [2.75, 3.05) is 0 Å². The number of carbonyl (C=O) groups is 2. The van der Waals surface area contributed by atoms with Crippen molar-refractivity contribution in [3.05, 3.63) is 34.9 Å². The minimum atomic E-state index is -1.44. The smallest absolute Gasteiger partial charge is 0.336 e. The molecule has 0 fully saturated rings. The molecule has 92 valence electrons. The van der Waals surface area contributed by atoms with E-state index in [4.69, 9.17) is 21.8 Å². The first-order chi connectivity index (χ1) is 7.80. The van der Waals surface area contributed by atoms with Gasteiger partial charge in [-0.05, 0) is 24.1 Å². The first-order valence-electron chi connectivity index (χ1n) is 4.65. The van der Waals surface area contributed by atoms with Gasteiger partial charge in [-0.3, -0.25) is 4.79 Å². The highest BCUT2D eigenvalue weighted by molar-refractivity contribution is 9.10. The highest BCUT2D eigenvalue weighted by Crippen LogP contribution is 2.34. The van der Waals surface area contributed by atoms with Gasteiger partial charge in [0.2, 0.25) is 0 Å². The third kappa shape index (κ3) is 2.79. The van der Waals surface area contributed by atoms with Gasteiger partial charge >= 0.3 is 11.9 Å². The van der Waals surface area contributed by atoms with Gasteiger partial charge in [0.05, 0.1) is 5.56 Å². The topological polar surface area (TPSA) is 74.6 Å². The molecule has 0 radical (unpaired) electrons. The Morgan fingerprint density at radius 1 is 1.41 bits per heavy atom. The molecule has 1 aromatic carbocycles. The van der Waals surface area contributed by atoms with E-state index in [1.807, 2.05) is 0 Å². The number of carboxylic acids is 2. The molecule has 2 N–H and O–H groups in total. The zero-order chi connectivity index (χ0) is 13.2. The van der Waals surface area contributed by atoms with E-state index in [1.54, 1.807) is 6.07 Å². The minimum absolute atomic E-state index is 0.0649. The molecule has 0 aliphatic carbocycles. The summed E-state index contributed by atoms with van der Waals surface area (Å²) < 4.78 is -1.44. The number of rotatable bonds is 4. The number of carboxylic acid groups (broad SMARTS) is 2. The second kappa shape index (κ2) is 5.06. The summed E-state index contributed by atoms with van der Waals surface area (Å²) in [6.07, 6.45) is 0. The fourth-order valence-electron chi connectivity index (χ4n) is 1.38. The van der Waals surface area contributed by atoms with Crippen LogP contribution in [0, 0.1) is 0 Å². The van der Waals surface area contributed by atoms with Gasteiger partial charge in [0, 0.05) is 5.88 Å². The number of aliphatic carboxylic acids is 1. The Balaban J connectivity index is 3.43. The van der Waals surface area contributed by atoms with Crippen LogP contribution in [0.3, 0.4) is 0 Å². The van der Waals surface area contributed by atoms with Crippen LogP contribution in [0.5, 0.6) is 0 Å². The van der Waals surface area contributed by atoms with Gasteiger partial charge in [-0.1, -0.05) is 28.1 Å². The standard InChI is InChI=1S/C11H10BrClO4/c1-11(12,10(16)17)8-3-2-6(5-13)4-7(8)9(14)15/h2-4H,5H2,1H3,(H,14,15)(H,16,17). The molecule has 0 amide bonds. The average Bonchev–Trinajstić information content (AvgIpc) is 2.27. The van der Waals surface area contributed by atoms with Crippen LogP contribution in [-0.2, 0) is 15.0 Å². The molecule has 0 aliphatic heterocycles. The molecule has 1 atom stereocenters. The van der Waals surface area contributed by atoms with Gasteiger partial charge < -0.3 is 10.2 Å². The molecule has 0 spiro atoms. The second-order valence-corrected chi connectivity index (χ2v) is 5.48. The number of alkyl halides is 2. The van der Waals surface area contributed by atoms with E-state index in [0.717, 1.165) is 0 Å². The number of benzene rings is 1. The summed E-state index contributed by atoms with van der Waals surface area (Å²) >= 11 is 8.64. The molecule has 0 aromatic heterocycles. The van der Waals surface area contributed by atoms with E-state index >= 15 is 0 Å². The molecule has 0 bridgehead atoms. The molecule has 4 nitrogen and oxygen atoms in total. The van der Waals surface area contributed by atoms with E-state index in [-0.39, 0.29) is 17.0 Å². The SMILES string of the molecule is CC(Br)(C(=O)O)c1ccc(CCl)cc1C(=O)O. The van der Waals surface area contributed by atoms with Crippen LogP contribution in [0.25, 0.3) is 0 Å². The maximum absolute atomic E-state index is 11.1. The van der Waals surface area contributed by atoms with Crippen molar-refractivity contribution in [2.45, 2.75) is 17.1 Å². The highest BCUT2D eigenvalue weighted by atomic mass is 79.9. The normalized spacial score (nSPS) is 14.1. The van der Waals surface area contributed by atoms with Crippen LogP contribution in [0.1, 0.15) is 28.4 Å². The molecule has 17 heavy (non-hydrogen) atoms. The Labute approximate surface area is 111 Å². The Kier molecular flexibility index (Phi) is 4.16. The molecule has 0 heterocycles. The minimum Gasteiger partial charge on any atom is -0.480 e. The highest BCUT2D eigenvalue weighted by Gasteiger charge is 2.35. The number of aromatic carboxylic acids is 1. The lowest BCUT2D eigenvalue weighted by atomic mass is 9.94. The monoisotopic (exact) mass is 320 g/mol. The zero-order valence-corrected chi connectivity index (χ0v) is 11.2. The number of halogens is 2. The summed E-state index contributed by atoms with van der Waals surface area (Å²) in [6, 6.07) is 4.45. The maximum atomic E-state index is 11.1. The van der Waals surface area contributed by atoms with Crippen molar-refractivity contribution in [1.82, 2.24) is 0 Å². The van der Waals surface area contributed by atoms with Crippen LogP contribution < -0.4 is 0 Å². The predicted molar refractivity (Wildman–Crippen MR) is 66.9 cm³/mol. The van der Waals surface area contributed by atoms with Crippen molar-refractivity contribution < 1.29 is 19.8 Å². The van der Waals surface area contributed by atoms with Gasteiger partial charge in [0.1, 0.15) is 4.32 Å². The van der Waals surface area contributed by atoms with E-state index in [9.17, 15) is 9.59 Å². The van der Waals surface area contributed by atoms with E-state index < -0.39 is 16.3 Å². The summed E-state index contributed by atoms with van der Waals surface area (Å²) in [4.78, 5) is 22.2. The van der Waals surface area contributed by atoms with Crippen molar-refractivity contribution in [3.8, 4) is 0 Å². The molecule has 1 rings (SSSR count). The van der Waals surface area contributed by atoms with Gasteiger partial charge in [0.25, 0.3) is 0 Å². The van der Waals surface area contributed by atoms with Crippen LogP contribution in [-0.4, -0.2) is 22.2 Å². The maximum Gasteiger partial charge on any atom is 0.336 e. The molecule has 0 saturated carbocycles. The predicted octanol–water partition coefficient (Wildman–Crippen LogP) is 2.82. The fraction of sp³-hybridized carbons (Fsp3) is 0.273. The third-order valence-electron chi connectivity index (χ3n) is 2.38. The average molecular weight is 322 g/mol. The lowest BCUT2D eigenvalue weighted by molar-refractivity contribution is -0.139. The Morgan fingerprint density at radius 2 is 2.00 bits per heavy atom. The summed E-state index contributed by atoms with van der Waals surface area (Å²) in [7, 11) is 0. The van der Waals surface area contributed by atoms with Crippen LogP contribution in [0.15, 0.2) is 18.2 Å². The third-order valence-corrected chi connectivity index (χ3v) is 3.45. The quantitative estimate of drug-likeness (QED) is 0.836. The second-order valence-electron chi connectivity index (χ2n) is 3.63. The summed E-state index contributed by atoms with van der Waals surface area (Å²) in [6.45, 7) is 1.39. The molecule has 1 unspecified atom stereocenters. The lowest BCUT2D eigenvalue weighted by Gasteiger charge is -2.20. The van der Waals surface area contributed by atoms with E-state index in [1.165, 1.54) is 19.1 Å². The molecule has 0 aliphatic rings. The van der Waals surface area contributed by atoms with Crippen molar-refractivity contribution >= 4 is 39.5 Å². The fourth-order valence-corrected chi connectivity index (χ4v) is 1.89. The van der Waals surface area contributed by atoms with E-state index in [2.05, 4.69) is 15.9 Å². The van der Waals surface area contributed by atoms with Gasteiger partial charge in [0.15, 0.2) is 0 Å². The molecule has 1 aromatic rings. The molecule has 0 saturated heterocycles.